The number of nitrogens with zero attached hydrogens (tertiary/aromatic N) is 4. The van der Waals surface area contributed by atoms with E-state index in [0.29, 0.717) is 11.2 Å². The third kappa shape index (κ3) is 13.2. The van der Waals surface area contributed by atoms with Crippen LogP contribution in [0.15, 0.2) is 97.6 Å². The SMILES string of the molecule is C[C@H]1C(O[Si](C)(C)C(C)(C)C)[C@H](n2cnc3c(N)ncnc32)O[C@@H]1COS(=O)(=O)NC(=O)CCC(OCOCc1ccccc1)c1ccccc1C(OCOCc1ccccc1)C(F)(F)F. The zero-order valence-corrected chi connectivity index (χ0v) is 39.5. The lowest BCUT2D eigenvalue weighted by Gasteiger charge is -2.40. The molecule has 5 aromatic rings. The summed E-state index contributed by atoms with van der Waals surface area (Å²) in [5, 5.41) is -0.185. The third-order valence-corrected chi connectivity index (χ3v) is 17.1. The highest BCUT2D eigenvalue weighted by atomic mass is 32.2. The second-order valence-corrected chi connectivity index (χ2v) is 23.5. The maximum atomic E-state index is 14.7. The van der Waals surface area contributed by atoms with Crippen molar-refractivity contribution in [1.82, 2.24) is 24.2 Å². The molecule has 2 aromatic heterocycles. The molecular formula is C45H57F3N6O10SSi. The number of carbonyl (C=O) groups is 1. The molecule has 6 rings (SSSR count). The molecule has 358 valence electrons. The van der Waals surface area contributed by atoms with E-state index in [1.54, 1.807) is 34.9 Å². The smallest absolute Gasteiger partial charge is 0.409 e. The number of hydrogen-bond donors (Lipinski definition) is 2. The zero-order chi connectivity index (χ0) is 47.7. The molecule has 1 aliphatic rings. The Bertz CT molecular complexity index is 2460. The number of alkyl halides is 3. The van der Waals surface area contributed by atoms with Crippen LogP contribution in [0.4, 0.5) is 19.0 Å². The van der Waals surface area contributed by atoms with Gasteiger partial charge in [0.05, 0.1) is 44.5 Å². The van der Waals surface area contributed by atoms with E-state index in [1.165, 1.54) is 36.9 Å². The van der Waals surface area contributed by atoms with Crippen molar-refractivity contribution >= 4 is 41.5 Å². The van der Waals surface area contributed by atoms with Crippen molar-refractivity contribution < 1.29 is 58.7 Å². The highest BCUT2D eigenvalue weighted by molar-refractivity contribution is 7.85. The molecule has 1 fully saturated rings. The van der Waals surface area contributed by atoms with Crippen LogP contribution in [0, 0.1) is 5.92 Å². The number of nitrogens with two attached hydrogens (primary N) is 1. The minimum Gasteiger partial charge on any atom is -0.409 e. The molecule has 6 atom stereocenters. The topological polar surface area (TPSA) is 197 Å². The molecule has 1 aliphatic heterocycles. The normalized spacial score (nSPS) is 19.2. The van der Waals surface area contributed by atoms with Crippen molar-refractivity contribution in [2.75, 3.05) is 25.9 Å². The lowest BCUT2D eigenvalue weighted by Crippen LogP contribution is -2.47. The van der Waals surface area contributed by atoms with Crippen molar-refractivity contribution in [3.05, 3.63) is 120 Å². The first-order chi connectivity index (χ1) is 31.2. The van der Waals surface area contributed by atoms with Gasteiger partial charge in [-0.05, 0) is 46.8 Å². The van der Waals surface area contributed by atoms with Crippen LogP contribution >= 0.6 is 0 Å². The molecule has 0 spiro atoms. The number of hydrogen-bond acceptors (Lipinski definition) is 14. The maximum absolute atomic E-state index is 14.7. The summed E-state index contributed by atoms with van der Waals surface area (Å²) in [6.07, 6.45) is -8.69. The average Bonchev–Trinajstić information content (AvgIpc) is 3.83. The van der Waals surface area contributed by atoms with Crippen molar-refractivity contribution in [1.29, 1.82) is 0 Å². The van der Waals surface area contributed by atoms with Gasteiger partial charge in [-0.2, -0.15) is 21.6 Å². The largest absolute Gasteiger partial charge is 0.418 e. The van der Waals surface area contributed by atoms with Gasteiger partial charge in [0.25, 0.3) is 0 Å². The quantitative estimate of drug-likeness (QED) is 0.0382. The second-order valence-electron chi connectivity index (χ2n) is 17.4. The molecule has 3 unspecified atom stereocenters. The summed E-state index contributed by atoms with van der Waals surface area (Å²) in [4.78, 5) is 26.1. The standard InChI is InChI=1S/C45H57F3N6O10SSi/c1-30-36(63-43(39(30)64-66(5,6)44(2,3)4)54-27-52-38-41(49)50-26-51-42(38)54)25-62-65(56,57)53-37(55)22-21-35(60-28-58-23-31-15-9-7-10-16-31)33-19-13-14-20-34(33)40(45(46,47)48)61-29-59-24-32-17-11-8-12-18-32/h7-20,26-27,30,35-36,39-40,43H,21-25,28-29H2,1-6H3,(H,53,55)(H2,49,50,51)/t30-,35?,36-,39?,40?,43-/m1/s1. The van der Waals surface area contributed by atoms with E-state index in [1.807, 2.05) is 42.0 Å². The first-order valence-electron chi connectivity index (χ1n) is 21.3. The molecule has 1 saturated heterocycles. The van der Waals surface area contributed by atoms with Crippen molar-refractivity contribution in [2.24, 2.45) is 5.92 Å². The van der Waals surface area contributed by atoms with E-state index in [4.69, 9.17) is 38.0 Å². The third-order valence-electron chi connectivity index (χ3n) is 11.7. The fraction of sp³-hybridized carbons (Fsp3) is 0.467. The van der Waals surface area contributed by atoms with Crippen LogP contribution in [-0.4, -0.2) is 80.7 Å². The van der Waals surface area contributed by atoms with Gasteiger partial charge in [0.15, 0.2) is 32.1 Å². The zero-order valence-electron chi connectivity index (χ0n) is 37.6. The van der Waals surface area contributed by atoms with Crippen LogP contribution in [0.2, 0.25) is 18.1 Å². The molecule has 0 radical (unpaired) electrons. The Labute approximate surface area is 383 Å². The van der Waals surface area contributed by atoms with Gasteiger partial charge in [-0.25, -0.2) is 19.7 Å². The molecule has 16 nitrogen and oxygen atoms in total. The van der Waals surface area contributed by atoms with E-state index in [9.17, 15) is 26.4 Å². The van der Waals surface area contributed by atoms with Crippen molar-refractivity contribution in [3.63, 3.8) is 0 Å². The summed E-state index contributed by atoms with van der Waals surface area (Å²) < 4.78 is 115. The van der Waals surface area contributed by atoms with E-state index in [0.717, 1.165) is 11.1 Å². The number of amides is 1. The highest BCUT2D eigenvalue weighted by Gasteiger charge is 2.50. The first-order valence-corrected chi connectivity index (χ1v) is 25.6. The van der Waals surface area contributed by atoms with Crippen LogP contribution in [0.5, 0.6) is 0 Å². The number of aromatic nitrogens is 4. The van der Waals surface area contributed by atoms with Gasteiger partial charge < -0.3 is 33.8 Å². The van der Waals surface area contributed by atoms with Gasteiger partial charge in [-0.15, -0.1) is 0 Å². The van der Waals surface area contributed by atoms with E-state index in [-0.39, 0.29) is 48.4 Å². The van der Waals surface area contributed by atoms with Gasteiger partial charge in [-0.1, -0.05) is 113 Å². The Morgan fingerprint density at radius 2 is 1.47 bits per heavy atom. The molecule has 3 aromatic carbocycles. The number of nitrogens with one attached hydrogen (secondary N) is 1. The molecule has 66 heavy (non-hydrogen) atoms. The molecule has 3 N–H and O–H groups in total. The summed E-state index contributed by atoms with van der Waals surface area (Å²) >= 11 is 0. The van der Waals surface area contributed by atoms with E-state index in [2.05, 4.69) is 48.8 Å². The van der Waals surface area contributed by atoms with Crippen LogP contribution in [0.3, 0.4) is 0 Å². The second kappa shape index (κ2) is 21.9. The molecule has 3 heterocycles. The molecule has 0 saturated carbocycles. The minimum atomic E-state index is -4.88. The van der Waals surface area contributed by atoms with Crippen LogP contribution in [0.1, 0.15) is 81.2 Å². The summed E-state index contributed by atoms with van der Waals surface area (Å²) in [5.74, 6) is -1.25. The summed E-state index contributed by atoms with van der Waals surface area (Å²) in [5.41, 5.74) is 8.16. The first kappa shape index (κ1) is 50.6. The van der Waals surface area contributed by atoms with Gasteiger partial charge in [0, 0.05) is 12.3 Å². The molecule has 1 amide bonds. The fourth-order valence-electron chi connectivity index (χ4n) is 7.09. The Morgan fingerprint density at radius 3 is 2.08 bits per heavy atom. The van der Waals surface area contributed by atoms with Crippen molar-refractivity contribution in [2.45, 2.75) is 109 Å². The van der Waals surface area contributed by atoms with Crippen LogP contribution in [0.25, 0.3) is 11.2 Å². The number of anilines is 1. The van der Waals surface area contributed by atoms with Gasteiger partial charge in [-0.3, -0.25) is 13.5 Å². The molecule has 21 heteroatoms. The Balaban J connectivity index is 1.14. The van der Waals surface area contributed by atoms with E-state index >= 15 is 0 Å². The molecular weight excluding hydrogens is 902 g/mol. The number of ether oxygens (including phenoxy) is 5. The number of fused-ring (bicyclic) bond motifs is 1. The number of benzene rings is 3. The summed E-state index contributed by atoms with van der Waals surface area (Å²) in [7, 11) is -7.17. The van der Waals surface area contributed by atoms with Crippen LogP contribution < -0.4 is 10.5 Å². The number of halogens is 3. The predicted octanol–water partition coefficient (Wildman–Crippen LogP) is 8.22. The number of nitrogen functional groups attached to an aromatic ring is 1. The summed E-state index contributed by atoms with van der Waals surface area (Å²) in [6.45, 7) is 10.9. The predicted molar refractivity (Wildman–Crippen MR) is 239 cm³/mol. The summed E-state index contributed by atoms with van der Waals surface area (Å²) in [6, 6.07) is 23.7. The highest BCUT2D eigenvalue weighted by Crippen LogP contribution is 2.45. The lowest BCUT2D eigenvalue weighted by atomic mass is 9.95. The minimum absolute atomic E-state index is 0.0211. The van der Waals surface area contributed by atoms with Crippen LogP contribution in [-0.2, 0) is 60.6 Å². The monoisotopic (exact) mass is 958 g/mol. The molecule has 0 bridgehead atoms. The molecule has 0 aliphatic carbocycles. The Hall–Kier alpha value is -4.84. The van der Waals surface area contributed by atoms with Gasteiger partial charge in [0.2, 0.25) is 5.91 Å². The fourth-order valence-corrected chi connectivity index (χ4v) is 9.21. The number of rotatable bonds is 22. The Kier molecular flexibility index (Phi) is 16.7. The van der Waals surface area contributed by atoms with Gasteiger partial charge >= 0.3 is 16.5 Å². The maximum Gasteiger partial charge on any atom is 0.418 e. The Morgan fingerprint density at radius 1 is 0.879 bits per heavy atom. The van der Waals surface area contributed by atoms with E-state index < -0.39 is 87.1 Å². The average molecular weight is 959 g/mol. The number of imidazole rings is 1. The number of carbonyl (C=O) groups excluding carboxylic acids is 1. The van der Waals surface area contributed by atoms with Crippen molar-refractivity contribution in [3.8, 4) is 0 Å². The lowest BCUT2D eigenvalue weighted by molar-refractivity contribution is -0.248. The van der Waals surface area contributed by atoms with Gasteiger partial charge in [0.1, 0.15) is 25.4 Å².